The lowest BCUT2D eigenvalue weighted by atomic mass is 9.94. The Morgan fingerprint density at radius 3 is 2.33 bits per heavy atom. The topological polar surface area (TPSA) is 34.1 Å². The number of rotatable bonds is 2. The number of hydrogen-bond acceptors (Lipinski definition) is 2. The van der Waals surface area contributed by atoms with Crippen LogP contribution in [0.4, 0.5) is 0 Å². The highest BCUT2D eigenvalue weighted by Gasteiger charge is 2.35. The number of carbonyl (C=O) groups excluding carboxylic acids is 2. The molecule has 18 heavy (non-hydrogen) atoms. The lowest BCUT2D eigenvalue weighted by Gasteiger charge is -2.06. The summed E-state index contributed by atoms with van der Waals surface area (Å²) in [5, 5.41) is 0. The van der Waals surface area contributed by atoms with Crippen molar-refractivity contribution in [2.45, 2.75) is 6.42 Å². The molecule has 0 aliphatic heterocycles. The molecular formula is C16H12O2. The van der Waals surface area contributed by atoms with Gasteiger partial charge in [-0.1, -0.05) is 54.6 Å². The fourth-order valence-electron chi connectivity index (χ4n) is 2.45. The van der Waals surface area contributed by atoms with Crippen LogP contribution in [0.5, 0.6) is 0 Å². The molecular weight excluding hydrogens is 224 g/mol. The lowest BCUT2D eigenvalue weighted by molar-refractivity contribution is 0.0822. The summed E-state index contributed by atoms with van der Waals surface area (Å²) in [6, 6.07) is 16.5. The summed E-state index contributed by atoms with van der Waals surface area (Å²) in [7, 11) is 0. The molecule has 0 N–H and O–H groups in total. The highest BCUT2D eigenvalue weighted by Crippen LogP contribution is 2.28. The Labute approximate surface area is 105 Å². The van der Waals surface area contributed by atoms with Gasteiger partial charge in [-0.2, -0.15) is 0 Å². The second-order valence-electron chi connectivity index (χ2n) is 4.51. The molecule has 1 aliphatic rings. The Balaban J connectivity index is 1.94. The van der Waals surface area contributed by atoms with Crippen molar-refractivity contribution >= 4 is 11.6 Å². The van der Waals surface area contributed by atoms with Gasteiger partial charge < -0.3 is 0 Å². The smallest absolute Gasteiger partial charge is 0.174 e. The first-order chi connectivity index (χ1) is 8.77. The fraction of sp³-hybridized carbons (Fsp3) is 0.125. The molecule has 1 atom stereocenters. The average Bonchev–Trinajstić information content (AvgIpc) is 2.77. The van der Waals surface area contributed by atoms with Crippen molar-refractivity contribution in [2.24, 2.45) is 5.92 Å². The lowest BCUT2D eigenvalue weighted by Crippen LogP contribution is -2.20. The number of hydrogen-bond donors (Lipinski definition) is 0. The molecule has 88 valence electrons. The fourth-order valence-corrected chi connectivity index (χ4v) is 2.45. The first-order valence-electron chi connectivity index (χ1n) is 5.99. The van der Waals surface area contributed by atoms with E-state index in [1.165, 1.54) is 0 Å². The van der Waals surface area contributed by atoms with E-state index in [2.05, 4.69) is 0 Å². The number of Topliss-reactive ketones (excluding diaryl/α,β-unsaturated/α-hetero) is 2. The normalized spacial score (nSPS) is 17.6. The third-order valence-corrected chi connectivity index (χ3v) is 3.40. The molecule has 0 amide bonds. The van der Waals surface area contributed by atoms with E-state index in [4.69, 9.17) is 0 Å². The molecule has 0 radical (unpaired) electrons. The van der Waals surface area contributed by atoms with Crippen molar-refractivity contribution in [3.63, 3.8) is 0 Å². The first kappa shape index (κ1) is 10.9. The largest absolute Gasteiger partial charge is 0.293 e. The Hall–Kier alpha value is -2.22. The van der Waals surface area contributed by atoms with Crippen molar-refractivity contribution in [2.75, 3.05) is 0 Å². The zero-order valence-corrected chi connectivity index (χ0v) is 9.80. The molecule has 0 bridgehead atoms. The predicted molar refractivity (Wildman–Crippen MR) is 68.7 cm³/mol. The van der Waals surface area contributed by atoms with Gasteiger partial charge in [-0.25, -0.2) is 0 Å². The van der Waals surface area contributed by atoms with Gasteiger partial charge in [-0.05, 0) is 12.0 Å². The zero-order valence-electron chi connectivity index (χ0n) is 9.80. The molecule has 0 unspecified atom stereocenters. The van der Waals surface area contributed by atoms with Gasteiger partial charge in [0.2, 0.25) is 0 Å². The predicted octanol–water partition coefficient (Wildman–Crippen LogP) is 2.92. The summed E-state index contributed by atoms with van der Waals surface area (Å²) < 4.78 is 0. The minimum atomic E-state index is -0.537. The SMILES string of the molecule is O=C(c1ccccc1)[C@H]1Cc2ccccc2C1=O. The van der Waals surface area contributed by atoms with Crippen molar-refractivity contribution in [3.05, 3.63) is 71.3 Å². The Bertz CT molecular complexity index is 614. The molecule has 0 heterocycles. The maximum atomic E-state index is 12.3. The van der Waals surface area contributed by atoms with Gasteiger partial charge in [0.25, 0.3) is 0 Å². The van der Waals surface area contributed by atoms with Crippen LogP contribution in [0.15, 0.2) is 54.6 Å². The second kappa shape index (κ2) is 4.22. The van der Waals surface area contributed by atoms with Gasteiger partial charge in [0.05, 0.1) is 5.92 Å². The summed E-state index contributed by atoms with van der Waals surface area (Å²) in [6.45, 7) is 0. The van der Waals surface area contributed by atoms with Crippen LogP contribution in [0, 0.1) is 5.92 Å². The summed E-state index contributed by atoms with van der Waals surface area (Å²) in [6.07, 6.45) is 0.530. The Kier molecular flexibility index (Phi) is 2.56. The van der Waals surface area contributed by atoms with E-state index in [9.17, 15) is 9.59 Å². The van der Waals surface area contributed by atoms with Gasteiger partial charge in [0, 0.05) is 11.1 Å². The molecule has 2 heteroatoms. The van der Waals surface area contributed by atoms with Crippen LogP contribution < -0.4 is 0 Å². The van der Waals surface area contributed by atoms with Gasteiger partial charge in [0.1, 0.15) is 0 Å². The van der Waals surface area contributed by atoms with Crippen molar-refractivity contribution in [3.8, 4) is 0 Å². The molecule has 2 nitrogen and oxygen atoms in total. The number of benzene rings is 2. The van der Waals surface area contributed by atoms with Crippen molar-refractivity contribution in [1.29, 1.82) is 0 Å². The maximum absolute atomic E-state index is 12.3. The minimum absolute atomic E-state index is 0.0422. The maximum Gasteiger partial charge on any atom is 0.174 e. The molecule has 3 rings (SSSR count). The van der Waals surface area contributed by atoms with Crippen LogP contribution in [-0.4, -0.2) is 11.6 Å². The second-order valence-corrected chi connectivity index (χ2v) is 4.51. The Morgan fingerprint density at radius 2 is 1.61 bits per heavy atom. The standard InChI is InChI=1S/C16H12O2/c17-15(11-6-2-1-3-7-11)14-10-12-8-4-5-9-13(12)16(14)18/h1-9,14H,10H2/t14-/m1/s1. The molecule has 0 saturated carbocycles. The van der Waals surface area contributed by atoms with Crippen LogP contribution in [-0.2, 0) is 6.42 Å². The van der Waals surface area contributed by atoms with Gasteiger partial charge >= 0.3 is 0 Å². The van der Waals surface area contributed by atoms with E-state index >= 15 is 0 Å². The summed E-state index contributed by atoms with van der Waals surface area (Å²) in [5.41, 5.74) is 2.30. The van der Waals surface area contributed by atoms with E-state index < -0.39 is 5.92 Å². The van der Waals surface area contributed by atoms with Gasteiger partial charge in [-0.3, -0.25) is 9.59 Å². The third-order valence-electron chi connectivity index (χ3n) is 3.40. The Morgan fingerprint density at radius 1 is 0.944 bits per heavy atom. The van der Waals surface area contributed by atoms with Crippen molar-refractivity contribution in [1.82, 2.24) is 0 Å². The minimum Gasteiger partial charge on any atom is -0.293 e. The van der Waals surface area contributed by atoms with Gasteiger partial charge in [-0.15, -0.1) is 0 Å². The molecule has 1 aliphatic carbocycles. The highest BCUT2D eigenvalue weighted by molar-refractivity contribution is 6.18. The van der Waals surface area contributed by atoms with Crippen LogP contribution in [0.1, 0.15) is 26.3 Å². The summed E-state index contributed by atoms with van der Waals surface area (Å²) in [5.74, 6) is -0.652. The van der Waals surface area contributed by atoms with Crippen LogP contribution in [0.25, 0.3) is 0 Å². The summed E-state index contributed by atoms with van der Waals surface area (Å²) >= 11 is 0. The molecule has 2 aromatic carbocycles. The molecule has 0 saturated heterocycles. The number of carbonyl (C=O) groups is 2. The zero-order chi connectivity index (χ0) is 12.5. The van der Waals surface area contributed by atoms with Crippen LogP contribution in [0.2, 0.25) is 0 Å². The molecule has 0 aromatic heterocycles. The monoisotopic (exact) mass is 236 g/mol. The molecule has 2 aromatic rings. The first-order valence-corrected chi connectivity index (χ1v) is 5.99. The average molecular weight is 236 g/mol. The van der Waals surface area contributed by atoms with E-state index in [1.807, 2.05) is 36.4 Å². The third kappa shape index (κ3) is 1.66. The van der Waals surface area contributed by atoms with Crippen LogP contribution in [0.3, 0.4) is 0 Å². The van der Waals surface area contributed by atoms with E-state index in [-0.39, 0.29) is 11.6 Å². The van der Waals surface area contributed by atoms with Crippen molar-refractivity contribution < 1.29 is 9.59 Å². The van der Waals surface area contributed by atoms with Gasteiger partial charge in [0.15, 0.2) is 11.6 Å². The highest BCUT2D eigenvalue weighted by atomic mass is 16.2. The number of ketones is 2. The summed E-state index contributed by atoms with van der Waals surface area (Å²) in [4.78, 5) is 24.5. The molecule has 0 spiro atoms. The quantitative estimate of drug-likeness (QED) is 0.593. The molecule has 0 fully saturated rings. The number of fused-ring (bicyclic) bond motifs is 1. The van der Waals surface area contributed by atoms with Crippen LogP contribution >= 0.6 is 0 Å². The van der Waals surface area contributed by atoms with E-state index in [0.29, 0.717) is 17.5 Å². The van der Waals surface area contributed by atoms with E-state index in [0.717, 1.165) is 5.56 Å². The van der Waals surface area contributed by atoms with E-state index in [1.54, 1.807) is 18.2 Å².